The van der Waals surface area contributed by atoms with Crippen molar-refractivity contribution >= 4 is 66.4 Å². The largest absolute Gasteiger partial charge is 0.310 e. The van der Waals surface area contributed by atoms with Crippen LogP contribution in [-0.4, -0.2) is 0 Å². The fraction of sp³-hybridized carbons (Fsp3) is 0.130. The van der Waals surface area contributed by atoms with Crippen LogP contribution in [0, 0.1) is 0 Å². The molecular formula is C69H56N2. The number of nitrogens with zero attached hydrogens (tertiary/aromatic N) is 2. The van der Waals surface area contributed by atoms with Crippen molar-refractivity contribution in [2.24, 2.45) is 0 Å². The van der Waals surface area contributed by atoms with Gasteiger partial charge in [0.2, 0.25) is 0 Å². The van der Waals surface area contributed by atoms with Crippen LogP contribution in [0.25, 0.3) is 54.6 Å². The van der Waals surface area contributed by atoms with Crippen molar-refractivity contribution in [1.29, 1.82) is 0 Å². The second-order valence-electron chi connectivity index (χ2n) is 21.8. The SMILES string of the molecule is CC(C)(C)c1ccc(N(c2ccccc2)c2ccc3cc4c(cc3c2)C2(c3cc5cc(N(c6ccccc6)c6ccc(C(C)(C)C)cc6)ccc5cc3-4)c3ccccc3-c3c2ccc2ccccc32)cc1. The number of fused-ring (bicyclic) bond motifs is 14. The van der Waals surface area contributed by atoms with E-state index < -0.39 is 5.41 Å². The van der Waals surface area contributed by atoms with Gasteiger partial charge in [0.15, 0.2) is 0 Å². The van der Waals surface area contributed by atoms with E-state index in [4.69, 9.17) is 0 Å². The predicted octanol–water partition coefficient (Wildman–Crippen LogP) is 19.0. The summed E-state index contributed by atoms with van der Waals surface area (Å²) in [5, 5.41) is 7.44. The maximum atomic E-state index is 2.54. The van der Waals surface area contributed by atoms with Gasteiger partial charge in [-0.1, -0.05) is 175 Å². The van der Waals surface area contributed by atoms with E-state index in [1.54, 1.807) is 0 Å². The van der Waals surface area contributed by atoms with Gasteiger partial charge in [0.05, 0.1) is 5.41 Å². The first kappa shape index (κ1) is 42.9. The van der Waals surface area contributed by atoms with Crippen LogP contribution in [0.3, 0.4) is 0 Å². The molecule has 0 fully saturated rings. The maximum Gasteiger partial charge on any atom is 0.0726 e. The molecule has 2 nitrogen and oxygen atoms in total. The highest BCUT2D eigenvalue weighted by Gasteiger charge is 2.52. The third-order valence-electron chi connectivity index (χ3n) is 15.5. The molecule has 342 valence electrons. The van der Waals surface area contributed by atoms with E-state index in [1.807, 2.05) is 0 Å². The first-order valence-corrected chi connectivity index (χ1v) is 25.2. The van der Waals surface area contributed by atoms with Crippen LogP contribution in [0.5, 0.6) is 0 Å². The lowest BCUT2D eigenvalue weighted by molar-refractivity contribution is 0.590. The minimum Gasteiger partial charge on any atom is -0.310 e. The van der Waals surface area contributed by atoms with Gasteiger partial charge in [-0.3, -0.25) is 0 Å². The summed E-state index contributed by atoms with van der Waals surface area (Å²) in [7, 11) is 0. The van der Waals surface area contributed by atoms with E-state index in [0.717, 1.165) is 34.1 Å². The zero-order chi connectivity index (χ0) is 48.2. The molecule has 0 amide bonds. The molecule has 11 aromatic carbocycles. The first-order valence-electron chi connectivity index (χ1n) is 25.2. The van der Waals surface area contributed by atoms with Gasteiger partial charge in [-0.15, -0.1) is 0 Å². The van der Waals surface area contributed by atoms with Gasteiger partial charge in [0, 0.05) is 34.1 Å². The third kappa shape index (κ3) is 6.76. The molecule has 0 aliphatic heterocycles. The number of rotatable bonds is 6. The standard InChI is InChI=1S/C69H56N2/c1-67(2,3)50-28-34-54(35-29-50)70(52-18-9-7-10-19-52)56-32-25-46-41-60-61-42-47-26-33-57(71(53-20-11-8-12-21-53)55-36-30-51(31-37-55)68(4,5)6)40-49(47)44-65(61)69(64(60)43-48(46)39-56)62-24-16-15-23-59(62)66-58-22-14-13-17-45(58)27-38-63(66)69/h7-44H,1-6H3. The van der Waals surface area contributed by atoms with Crippen LogP contribution in [0.4, 0.5) is 34.1 Å². The van der Waals surface area contributed by atoms with Gasteiger partial charge >= 0.3 is 0 Å². The molecule has 71 heavy (non-hydrogen) atoms. The molecule has 11 aromatic rings. The zero-order valence-electron chi connectivity index (χ0n) is 41.3. The van der Waals surface area contributed by atoms with Crippen molar-refractivity contribution in [3.05, 3.63) is 264 Å². The van der Waals surface area contributed by atoms with Gasteiger partial charge < -0.3 is 9.80 Å². The smallest absolute Gasteiger partial charge is 0.0726 e. The Labute approximate surface area is 418 Å². The minimum absolute atomic E-state index is 0.0618. The Morgan fingerprint density at radius 3 is 1.21 bits per heavy atom. The molecule has 0 bridgehead atoms. The fourth-order valence-corrected chi connectivity index (χ4v) is 12.0. The van der Waals surface area contributed by atoms with Crippen molar-refractivity contribution in [3.63, 3.8) is 0 Å². The van der Waals surface area contributed by atoms with Crippen LogP contribution in [0.2, 0.25) is 0 Å². The summed E-state index contributed by atoms with van der Waals surface area (Å²) < 4.78 is 0. The van der Waals surface area contributed by atoms with E-state index in [1.165, 1.54) is 88.0 Å². The summed E-state index contributed by atoms with van der Waals surface area (Å²) in [5.41, 5.74) is 19.6. The Morgan fingerprint density at radius 2 is 0.704 bits per heavy atom. The first-order chi connectivity index (χ1) is 34.4. The van der Waals surface area contributed by atoms with E-state index >= 15 is 0 Å². The maximum absolute atomic E-state index is 2.54. The number of benzene rings is 11. The lowest BCUT2D eigenvalue weighted by Crippen LogP contribution is -2.26. The molecule has 0 N–H and O–H groups in total. The van der Waals surface area contributed by atoms with E-state index in [0.29, 0.717) is 0 Å². The van der Waals surface area contributed by atoms with Crippen molar-refractivity contribution in [3.8, 4) is 22.3 Å². The molecule has 0 radical (unpaired) electrons. The number of hydrogen-bond acceptors (Lipinski definition) is 2. The van der Waals surface area contributed by atoms with Crippen molar-refractivity contribution < 1.29 is 0 Å². The summed E-state index contributed by atoms with van der Waals surface area (Å²) in [4.78, 5) is 4.80. The molecule has 0 unspecified atom stereocenters. The Bertz CT molecular complexity index is 3680. The highest BCUT2D eigenvalue weighted by Crippen LogP contribution is 2.65. The van der Waals surface area contributed by atoms with Gasteiger partial charge in [0.1, 0.15) is 0 Å². The Balaban J connectivity index is 1.05. The molecule has 1 spiro atoms. The van der Waals surface area contributed by atoms with Crippen LogP contribution >= 0.6 is 0 Å². The topological polar surface area (TPSA) is 6.48 Å². The number of hydrogen-bond donors (Lipinski definition) is 0. The summed E-state index contributed by atoms with van der Waals surface area (Å²) in [6, 6.07) is 86.9. The molecule has 0 heterocycles. The lowest BCUT2D eigenvalue weighted by Gasteiger charge is -2.31. The van der Waals surface area contributed by atoms with Gasteiger partial charge in [-0.05, 0) is 196 Å². The van der Waals surface area contributed by atoms with Crippen LogP contribution in [0.1, 0.15) is 74.9 Å². The van der Waals surface area contributed by atoms with E-state index in [2.05, 4.69) is 282 Å². The zero-order valence-corrected chi connectivity index (χ0v) is 41.3. The molecule has 0 atom stereocenters. The third-order valence-corrected chi connectivity index (χ3v) is 15.5. The molecule has 0 saturated heterocycles. The van der Waals surface area contributed by atoms with Gasteiger partial charge in [-0.25, -0.2) is 0 Å². The molecule has 2 heteroatoms. The second kappa shape index (κ2) is 15.9. The summed E-state index contributed by atoms with van der Waals surface area (Å²) in [6.07, 6.45) is 0. The lowest BCUT2D eigenvalue weighted by atomic mass is 9.70. The van der Waals surface area contributed by atoms with Crippen LogP contribution in [-0.2, 0) is 16.2 Å². The van der Waals surface area contributed by atoms with Crippen LogP contribution < -0.4 is 9.80 Å². The molecule has 13 rings (SSSR count). The Hall–Kier alpha value is -8.20. The monoisotopic (exact) mass is 912 g/mol. The van der Waals surface area contributed by atoms with E-state index in [9.17, 15) is 0 Å². The number of anilines is 6. The Kier molecular flexibility index (Phi) is 9.61. The molecule has 2 aliphatic carbocycles. The van der Waals surface area contributed by atoms with E-state index in [-0.39, 0.29) is 10.8 Å². The highest BCUT2D eigenvalue weighted by atomic mass is 15.1. The van der Waals surface area contributed by atoms with Crippen molar-refractivity contribution in [2.75, 3.05) is 9.80 Å². The predicted molar refractivity (Wildman–Crippen MR) is 302 cm³/mol. The quantitative estimate of drug-likeness (QED) is 0.164. The minimum atomic E-state index is -0.557. The molecule has 0 saturated carbocycles. The van der Waals surface area contributed by atoms with Crippen LogP contribution in [0.15, 0.2) is 231 Å². The Morgan fingerprint density at radius 1 is 0.282 bits per heavy atom. The number of para-hydroxylation sites is 2. The average molecular weight is 913 g/mol. The second-order valence-corrected chi connectivity index (χ2v) is 21.8. The molecule has 2 aliphatic rings. The fourth-order valence-electron chi connectivity index (χ4n) is 12.0. The summed E-state index contributed by atoms with van der Waals surface area (Å²) in [5.74, 6) is 0. The molecule has 0 aromatic heterocycles. The highest BCUT2D eigenvalue weighted by molar-refractivity contribution is 6.09. The summed E-state index contributed by atoms with van der Waals surface area (Å²) in [6.45, 7) is 13.7. The van der Waals surface area contributed by atoms with Crippen molar-refractivity contribution in [2.45, 2.75) is 57.8 Å². The normalized spacial score (nSPS) is 13.3. The molecular weight excluding hydrogens is 857 g/mol. The summed E-state index contributed by atoms with van der Waals surface area (Å²) >= 11 is 0. The average Bonchev–Trinajstić information content (AvgIpc) is 3.84. The van der Waals surface area contributed by atoms with Gasteiger partial charge in [0.25, 0.3) is 0 Å². The van der Waals surface area contributed by atoms with Gasteiger partial charge in [-0.2, -0.15) is 0 Å². The van der Waals surface area contributed by atoms with Crippen molar-refractivity contribution in [1.82, 2.24) is 0 Å².